The van der Waals surface area contributed by atoms with E-state index in [9.17, 15) is 19.2 Å². The van der Waals surface area contributed by atoms with Crippen molar-refractivity contribution in [1.29, 1.82) is 0 Å². The van der Waals surface area contributed by atoms with Crippen molar-refractivity contribution in [3.8, 4) is 28.7 Å². The summed E-state index contributed by atoms with van der Waals surface area (Å²) in [4.78, 5) is 48.4. The summed E-state index contributed by atoms with van der Waals surface area (Å²) in [6.07, 6.45) is 1.46. The smallest absolute Gasteiger partial charge is 0.330 e. The van der Waals surface area contributed by atoms with Crippen LogP contribution in [0.1, 0.15) is 29.8 Å². The summed E-state index contributed by atoms with van der Waals surface area (Å²) in [6.45, 7) is 2.13. The quantitative estimate of drug-likeness (QED) is 0.139. The molecule has 3 aromatic rings. The molecule has 0 heterocycles. The number of carbonyl (C=O) groups excluding carboxylic acids is 4. The molecule has 208 valence electrons. The number of ketones is 1. The Morgan fingerprint density at radius 1 is 0.750 bits per heavy atom. The molecule has 0 aliphatic rings. The monoisotopic (exact) mass is 548 g/mol. The fourth-order valence-corrected chi connectivity index (χ4v) is 3.46. The van der Waals surface area contributed by atoms with Gasteiger partial charge in [0.1, 0.15) is 12.4 Å². The molecule has 10 nitrogen and oxygen atoms in total. The Kier molecular flexibility index (Phi) is 10.4. The minimum atomic E-state index is -1.25. The van der Waals surface area contributed by atoms with Gasteiger partial charge < -0.3 is 28.4 Å². The van der Waals surface area contributed by atoms with Gasteiger partial charge in [-0.05, 0) is 54.1 Å². The molecule has 0 fully saturated rings. The molecule has 0 saturated carbocycles. The van der Waals surface area contributed by atoms with Gasteiger partial charge >= 0.3 is 17.9 Å². The molecule has 1 atom stereocenters. The Morgan fingerprint density at radius 3 is 2.02 bits per heavy atom. The maximum Gasteiger partial charge on any atom is 0.330 e. The van der Waals surface area contributed by atoms with Gasteiger partial charge in [-0.25, -0.2) is 4.79 Å². The van der Waals surface area contributed by atoms with Crippen LogP contribution in [-0.2, 0) is 19.1 Å². The van der Waals surface area contributed by atoms with Crippen LogP contribution in [0.2, 0.25) is 0 Å². The third-order valence-electron chi connectivity index (χ3n) is 5.26. The first-order valence-electron chi connectivity index (χ1n) is 12.0. The summed E-state index contributed by atoms with van der Waals surface area (Å²) in [7, 11) is 2.83. The van der Waals surface area contributed by atoms with E-state index >= 15 is 0 Å². The summed E-state index contributed by atoms with van der Waals surface area (Å²) in [5.41, 5.74) is 0.831. The minimum absolute atomic E-state index is 0.145. The summed E-state index contributed by atoms with van der Waals surface area (Å²) in [6, 6.07) is 17.5. The van der Waals surface area contributed by atoms with Crippen LogP contribution in [0.25, 0.3) is 6.08 Å². The zero-order valence-electron chi connectivity index (χ0n) is 22.4. The van der Waals surface area contributed by atoms with Crippen molar-refractivity contribution in [1.82, 2.24) is 0 Å². The van der Waals surface area contributed by atoms with Gasteiger partial charge in [-0.1, -0.05) is 24.3 Å². The Hall–Kier alpha value is -5.12. The van der Waals surface area contributed by atoms with Crippen LogP contribution in [0.5, 0.6) is 28.7 Å². The van der Waals surface area contributed by atoms with Gasteiger partial charge in [0.2, 0.25) is 5.78 Å². The van der Waals surface area contributed by atoms with E-state index < -0.39 is 36.4 Å². The number of benzene rings is 3. The number of esters is 3. The molecular weight excluding hydrogens is 520 g/mol. The van der Waals surface area contributed by atoms with Crippen LogP contribution in [0.3, 0.4) is 0 Å². The Bertz CT molecular complexity index is 1390. The molecular formula is C30H28O10. The number of Topliss-reactive ketones (excluding diaryl/α,β-unsaturated/α-hetero) is 1. The normalized spacial score (nSPS) is 11.3. The second kappa shape index (κ2) is 14.1. The average molecular weight is 549 g/mol. The van der Waals surface area contributed by atoms with E-state index in [-0.39, 0.29) is 22.8 Å². The molecule has 0 aliphatic heterocycles. The molecule has 0 amide bonds. The highest BCUT2D eigenvalue weighted by molar-refractivity contribution is 6.00. The largest absolute Gasteiger partial charge is 0.493 e. The third-order valence-corrected chi connectivity index (χ3v) is 5.26. The van der Waals surface area contributed by atoms with Crippen molar-refractivity contribution in [3.63, 3.8) is 0 Å². The SMILES string of the molecule is COc1cc(C(=O)C(COC(=O)/C=C/c2ccc(OC(C)=O)cc2)Oc2ccccc2OC)ccc1OC(C)=O. The highest BCUT2D eigenvalue weighted by Gasteiger charge is 2.26. The summed E-state index contributed by atoms with van der Waals surface area (Å²) >= 11 is 0. The van der Waals surface area contributed by atoms with Crippen LogP contribution in [0.15, 0.2) is 72.8 Å². The number of carbonyl (C=O) groups is 4. The van der Waals surface area contributed by atoms with E-state index in [0.29, 0.717) is 17.1 Å². The zero-order chi connectivity index (χ0) is 29.1. The van der Waals surface area contributed by atoms with Gasteiger partial charge in [0.25, 0.3) is 0 Å². The van der Waals surface area contributed by atoms with Crippen molar-refractivity contribution in [2.75, 3.05) is 20.8 Å². The molecule has 0 aliphatic carbocycles. The second-order valence-electron chi connectivity index (χ2n) is 8.21. The Labute approximate surface area is 231 Å². The molecule has 3 rings (SSSR count). The Balaban J connectivity index is 1.78. The predicted octanol–water partition coefficient (Wildman–Crippen LogP) is 4.44. The van der Waals surface area contributed by atoms with Gasteiger partial charge in [-0.3, -0.25) is 14.4 Å². The summed E-state index contributed by atoms with van der Waals surface area (Å²) < 4.78 is 31.9. The van der Waals surface area contributed by atoms with E-state index in [2.05, 4.69) is 0 Å². The average Bonchev–Trinajstić information content (AvgIpc) is 2.94. The lowest BCUT2D eigenvalue weighted by molar-refractivity contribution is -0.139. The molecule has 40 heavy (non-hydrogen) atoms. The van der Waals surface area contributed by atoms with Gasteiger partial charge in [0.15, 0.2) is 29.1 Å². The minimum Gasteiger partial charge on any atom is -0.493 e. The highest BCUT2D eigenvalue weighted by atomic mass is 16.6. The number of hydrogen-bond donors (Lipinski definition) is 0. The first kappa shape index (κ1) is 29.4. The Morgan fingerprint density at radius 2 is 1.40 bits per heavy atom. The third kappa shape index (κ3) is 8.45. The number of methoxy groups -OCH3 is 2. The fourth-order valence-electron chi connectivity index (χ4n) is 3.46. The van der Waals surface area contributed by atoms with Crippen LogP contribution in [0.4, 0.5) is 0 Å². The maximum absolute atomic E-state index is 13.5. The number of rotatable bonds is 12. The van der Waals surface area contributed by atoms with Crippen molar-refractivity contribution in [3.05, 3.63) is 83.9 Å². The number of hydrogen-bond acceptors (Lipinski definition) is 10. The lowest BCUT2D eigenvalue weighted by Gasteiger charge is -2.20. The summed E-state index contributed by atoms with van der Waals surface area (Å²) in [5.74, 6) is -0.884. The maximum atomic E-state index is 13.5. The molecule has 0 saturated heterocycles. The molecule has 0 spiro atoms. The zero-order valence-corrected chi connectivity index (χ0v) is 22.4. The topological polar surface area (TPSA) is 124 Å². The molecule has 0 N–H and O–H groups in total. The lowest BCUT2D eigenvalue weighted by atomic mass is 10.1. The number of para-hydroxylation sites is 2. The van der Waals surface area contributed by atoms with Crippen molar-refractivity contribution in [2.24, 2.45) is 0 Å². The first-order chi connectivity index (χ1) is 19.2. The molecule has 0 radical (unpaired) electrons. The molecule has 1 unspecified atom stereocenters. The van der Waals surface area contributed by atoms with Crippen LogP contribution in [-0.4, -0.2) is 50.6 Å². The van der Waals surface area contributed by atoms with Gasteiger partial charge in [0, 0.05) is 25.5 Å². The molecule has 3 aromatic carbocycles. The van der Waals surface area contributed by atoms with Crippen molar-refractivity contribution >= 4 is 29.8 Å². The predicted molar refractivity (Wildman–Crippen MR) is 144 cm³/mol. The van der Waals surface area contributed by atoms with E-state index in [1.54, 1.807) is 48.5 Å². The fraction of sp³-hybridized carbons (Fsp3) is 0.200. The first-order valence-corrected chi connectivity index (χ1v) is 12.0. The van der Waals surface area contributed by atoms with Crippen molar-refractivity contribution in [2.45, 2.75) is 20.0 Å². The van der Waals surface area contributed by atoms with E-state index in [1.165, 1.54) is 58.4 Å². The number of ether oxygens (including phenoxy) is 6. The van der Waals surface area contributed by atoms with Crippen LogP contribution >= 0.6 is 0 Å². The molecule has 0 aromatic heterocycles. The van der Waals surface area contributed by atoms with E-state index in [4.69, 9.17) is 28.4 Å². The highest BCUT2D eigenvalue weighted by Crippen LogP contribution is 2.31. The second-order valence-corrected chi connectivity index (χ2v) is 8.21. The lowest BCUT2D eigenvalue weighted by Crippen LogP contribution is -2.33. The standard InChI is InChI=1S/C30H28O10/c1-19(31)38-23-13-9-21(10-14-23)11-16-29(33)37-18-28(40-25-8-6-5-7-24(25)35-3)30(34)22-12-15-26(39-20(2)32)27(17-22)36-4/h5-17,28H,18H2,1-4H3/b16-11+. The molecule has 0 bridgehead atoms. The van der Waals surface area contributed by atoms with Crippen LogP contribution < -0.4 is 23.7 Å². The van der Waals surface area contributed by atoms with Crippen LogP contribution in [0, 0.1) is 0 Å². The van der Waals surface area contributed by atoms with Gasteiger partial charge in [-0.15, -0.1) is 0 Å². The molecule has 10 heteroatoms. The van der Waals surface area contributed by atoms with Gasteiger partial charge in [-0.2, -0.15) is 0 Å². The van der Waals surface area contributed by atoms with E-state index in [1.807, 2.05) is 0 Å². The summed E-state index contributed by atoms with van der Waals surface area (Å²) in [5, 5.41) is 0. The van der Waals surface area contributed by atoms with Gasteiger partial charge in [0.05, 0.1) is 14.2 Å². The van der Waals surface area contributed by atoms with E-state index in [0.717, 1.165) is 0 Å². The van der Waals surface area contributed by atoms with Crippen molar-refractivity contribution < 1.29 is 47.6 Å².